The summed E-state index contributed by atoms with van der Waals surface area (Å²) < 4.78 is 6.47. The number of ether oxygens (including phenoxy) is 1. The van der Waals surface area contributed by atoms with Crippen LogP contribution in [0.25, 0.3) is 0 Å². The number of nitrogens with zero attached hydrogens (tertiary/aromatic N) is 2. The summed E-state index contributed by atoms with van der Waals surface area (Å²) in [6.45, 7) is 5.29. The number of aromatic nitrogens is 2. The maximum Gasteiger partial charge on any atom is 0.341 e. The van der Waals surface area contributed by atoms with Gasteiger partial charge in [-0.1, -0.05) is 0 Å². The smallest absolute Gasteiger partial charge is 0.341 e. The number of amides is 2. The van der Waals surface area contributed by atoms with E-state index in [9.17, 15) is 14.4 Å². The second-order valence-electron chi connectivity index (χ2n) is 5.11. The fraction of sp³-hybridized carbons (Fsp3) is 0.333. The van der Waals surface area contributed by atoms with Gasteiger partial charge >= 0.3 is 5.97 Å². The number of carbonyl (C=O) groups excluding carboxylic acids is 3. The summed E-state index contributed by atoms with van der Waals surface area (Å²) in [5, 5.41) is 6.91. The SMILES string of the molecule is CCOC(=O)c1c(NC(=O)Cn2cc(C)cn2)sc(C(N)=O)c1C. The van der Waals surface area contributed by atoms with E-state index in [0.717, 1.165) is 16.9 Å². The van der Waals surface area contributed by atoms with E-state index in [1.807, 2.05) is 6.92 Å². The summed E-state index contributed by atoms with van der Waals surface area (Å²) in [4.78, 5) is 36.0. The van der Waals surface area contributed by atoms with Crippen LogP contribution in [0.4, 0.5) is 5.00 Å². The van der Waals surface area contributed by atoms with Gasteiger partial charge in [0.15, 0.2) is 0 Å². The number of primary amides is 1. The van der Waals surface area contributed by atoms with Gasteiger partial charge in [-0.15, -0.1) is 11.3 Å². The third kappa shape index (κ3) is 3.80. The van der Waals surface area contributed by atoms with Crippen LogP contribution in [0, 0.1) is 13.8 Å². The van der Waals surface area contributed by atoms with Gasteiger partial charge in [-0.05, 0) is 31.9 Å². The molecule has 0 unspecified atom stereocenters. The molecular formula is C15H18N4O4S. The molecule has 0 aromatic carbocycles. The fourth-order valence-electron chi connectivity index (χ4n) is 2.15. The van der Waals surface area contributed by atoms with Gasteiger partial charge in [0, 0.05) is 6.20 Å². The van der Waals surface area contributed by atoms with E-state index in [2.05, 4.69) is 10.4 Å². The molecular weight excluding hydrogens is 332 g/mol. The highest BCUT2D eigenvalue weighted by Gasteiger charge is 2.25. The molecule has 128 valence electrons. The van der Waals surface area contributed by atoms with Crippen LogP contribution in [0.5, 0.6) is 0 Å². The van der Waals surface area contributed by atoms with E-state index in [1.54, 1.807) is 26.2 Å². The fourth-order valence-corrected chi connectivity index (χ4v) is 3.22. The Morgan fingerprint density at radius 1 is 1.38 bits per heavy atom. The minimum Gasteiger partial charge on any atom is -0.462 e. The number of rotatable bonds is 6. The molecule has 2 heterocycles. The Kier molecular flexibility index (Phi) is 5.35. The van der Waals surface area contributed by atoms with Crippen LogP contribution in [0.1, 0.15) is 38.1 Å². The van der Waals surface area contributed by atoms with Crippen LogP contribution in [0.3, 0.4) is 0 Å². The highest BCUT2D eigenvalue weighted by molar-refractivity contribution is 7.18. The van der Waals surface area contributed by atoms with Crippen LogP contribution in [0.15, 0.2) is 12.4 Å². The molecule has 0 atom stereocenters. The Morgan fingerprint density at radius 3 is 2.62 bits per heavy atom. The molecule has 0 aliphatic heterocycles. The van der Waals surface area contributed by atoms with Gasteiger partial charge in [0.25, 0.3) is 5.91 Å². The number of hydrogen-bond donors (Lipinski definition) is 2. The molecule has 2 rings (SSSR count). The van der Waals surface area contributed by atoms with Gasteiger partial charge in [-0.25, -0.2) is 4.79 Å². The number of nitrogens with two attached hydrogens (primary N) is 1. The third-order valence-corrected chi connectivity index (χ3v) is 4.39. The average Bonchev–Trinajstić information content (AvgIpc) is 3.02. The van der Waals surface area contributed by atoms with E-state index in [0.29, 0.717) is 5.56 Å². The van der Waals surface area contributed by atoms with Crippen molar-refractivity contribution in [3.05, 3.63) is 34.0 Å². The first kappa shape index (κ1) is 17.7. The third-order valence-electron chi connectivity index (χ3n) is 3.17. The molecule has 0 aliphatic rings. The van der Waals surface area contributed by atoms with E-state index in [-0.39, 0.29) is 34.5 Å². The molecule has 0 saturated carbocycles. The van der Waals surface area contributed by atoms with Crippen molar-refractivity contribution in [1.82, 2.24) is 9.78 Å². The van der Waals surface area contributed by atoms with E-state index < -0.39 is 11.9 Å². The molecule has 9 heteroatoms. The summed E-state index contributed by atoms with van der Waals surface area (Å²) in [5.74, 6) is -1.64. The van der Waals surface area contributed by atoms with Gasteiger partial charge in [0.05, 0.1) is 23.2 Å². The van der Waals surface area contributed by atoms with Crippen molar-refractivity contribution < 1.29 is 19.1 Å². The summed E-state index contributed by atoms with van der Waals surface area (Å²) in [5.41, 5.74) is 6.80. The topological polar surface area (TPSA) is 116 Å². The normalized spacial score (nSPS) is 10.5. The summed E-state index contributed by atoms with van der Waals surface area (Å²) in [6.07, 6.45) is 3.36. The molecule has 2 aromatic rings. The van der Waals surface area contributed by atoms with Crippen molar-refractivity contribution in [1.29, 1.82) is 0 Å². The molecule has 0 spiro atoms. The van der Waals surface area contributed by atoms with Gasteiger partial charge < -0.3 is 15.8 Å². The zero-order valence-corrected chi connectivity index (χ0v) is 14.4. The number of esters is 1. The first-order chi connectivity index (χ1) is 11.3. The lowest BCUT2D eigenvalue weighted by molar-refractivity contribution is -0.116. The molecule has 0 saturated heterocycles. The van der Waals surface area contributed by atoms with Crippen LogP contribution in [-0.4, -0.2) is 34.2 Å². The van der Waals surface area contributed by atoms with Crippen molar-refractivity contribution in [2.45, 2.75) is 27.3 Å². The predicted octanol–water partition coefficient (Wildman–Crippen LogP) is 1.48. The Labute approximate surface area is 142 Å². The van der Waals surface area contributed by atoms with Crippen LogP contribution < -0.4 is 11.1 Å². The van der Waals surface area contributed by atoms with E-state index >= 15 is 0 Å². The predicted molar refractivity (Wildman–Crippen MR) is 89.1 cm³/mol. The number of nitrogens with one attached hydrogen (secondary N) is 1. The number of aryl methyl sites for hydroxylation is 1. The summed E-state index contributed by atoms with van der Waals surface area (Å²) in [7, 11) is 0. The maximum absolute atomic E-state index is 12.2. The first-order valence-electron chi connectivity index (χ1n) is 7.22. The molecule has 0 aliphatic carbocycles. The number of anilines is 1. The van der Waals surface area contributed by atoms with Gasteiger partial charge in [-0.2, -0.15) is 5.10 Å². The van der Waals surface area contributed by atoms with E-state index in [1.165, 1.54) is 4.68 Å². The lowest BCUT2D eigenvalue weighted by Gasteiger charge is -2.07. The molecule has 2 amide bonds. The lowest BCUT2D eigenvalue weighted by atomic mass is 10.1. The lowest BCUT2D eigenvalue weighted by Crippen LogP contribution is -2.20. The van der Waals surface area contributed by atoms with Crippen molar-refractivity contribution in [2.24, 2.45) is 5.73 Å². The van der Waals surface area contributed by atoms with Crippen LogP contribution >= 0.6 is 11.3 Å². The molecule has 8 nitrogen and oxygen atoms in total. The van der Waals surface area contributed by atoms with E-state index in [4.69, 9.17) is 10.5 Å². The maximum atomic E-state index is 12.2. The van der Waals surface area contributed by atoms with Gasteiger partial charge in [-0.3, -0.25) is 14.3 Å². The first-order valence-corrected chi connectivity index (χ1v) is 8.04. The number of hydrogen-bond acceptors (Lipinski definition) is 6. The molecule has 3 N–H and O–H groups in total. The minimum atomic E-state index is -0.661. The monoisotopic (exact) mass is 350 g/mol. The Balaban J connectivity index is 2.27. The standard InChI is InChI=1S/C15H18N4O4S/c1-4-23-15(22)11-9(3)12(13(16)21)24-14(11)18-10(20)7-19-6-8(2)5-17-19/h5-6H,4,7H2,1-3H3,(H2,16,21)(H,18,20). The Hall–Kier alpha value is -2.68. The summed E-state index contributed by atoms with van der Waals surface area (Å²) >= 11 is 0.956. The number of carbonyl (C=O) groups is 3. The van der Waals surface area contributed by atoms with Crippen molar-refractivity contribution in [2.75, 3.05) is 11.9 Å². The zero-order valence-electron chi connectivity index (χ0n) is 13.6. The highest BCUT2D eigenvalue weighted by Crippen LogP contribution is 2.33. The molecule has 0 fully saturated rings. The second kappa shape index (κ2) is 7.26. The average molecular weight is 350 g/mol. The zero-order chi connectivity index (χ0) is 17.9. The minimum absolute atomic E-state index is 0.0149. The molecule has 0 bridgehead atoms. The molecule has 0 radical (unpaired) electrons. The van der Waals surface area contributed by atoms with Gasteiger partial charge in [0.1, 0.15) is 11.5 Å². The van der Waals surface area contributed by atoms with Crippen LogP contribution in [0.2, 0.25) is 0 Å². The van der Waals surface area contributed by atoms with Crippen LogP contribution in [-0.2, 0) is 16.1 Å². The molecule has 2 aromatic heterocycles. The second-order valence-corrected chi connectivity index (χ2v) is 6.13. The quantitative estimate of drug-likeness (QED) is 0.765. The molecule has 24 heavy (non-hydrogen) atoms. The van der Waals surface area contributed by atoms with Gasteiger partial charge in [0.2, 0.25) is 5.91 Å². The Bertz CT molecular complexity index is 793. The summed E-state index contributed by atoms with van der Waals surface area (Å²) in [6, 6.07) is 0. The highest BCUT2D eigenvalue weighted by atomic mass is 32.1. The largest absolute Gasteiger partial charge is 0.462 e. The van der Waals surface area contributed by atoms with Crippen molar-refractivity contribution in [3.8, 4) is 0 Å². The van der Waals surface area contributed by atoms with Crippen molar-refractivity contribution >= 4 is 34.1 Å². The number of thiophene rings is 1. The Morgan fingerprint density at radius 2 is 2.08 bits per heavy atom. The van der Waals surface area contributed by atoms with Crippen molar-refractivity contribution in [3.63, 3.8) is 0 Å².